The Labute approximate surface area is 167 Å². The number of carbonyl (C=O) groups excluding carboxylic acids is 2. The summed E-state index contributed by atoms with van der Waals surface area (Å²) in [5.74, 6) is -0.538. The fourth-order valence-corrected chi connectivity index (χ4v) is 4.23. The summed E-state index contributed by atoms with van der Waals surface area (Å²) in [4.78, 5) is 29.5. The van der Waals surface area contributed by atoms with E-state index in [1.54, 1.807) is 35.6 Å². The number of hydrogen-bond donors (Lipinski definition) is 2. The molecule has 1 saturated heterocycles. The largest absolute Gasteiger partial charge is 0.366 e. The van der Waals surface area contributed by atoms with Crippen LogP contribution in [0.3, 0.4) is 0 Å². The lowest BCUT2D eigenvalue weighted by atomic mass is 10.1. The Morgan fingerprint density at radius 3 is 2.37 bits per heavy atom. The first-order chi connectivity index (χ1) is 12.9. The van der Waals surface area contributed by atoms with Crippen LogP contribution >= 0.6 is 22.9 Å². The molecule has 1 fully saturated rings. The number of nitrogens with one attached hydrogen (secondary N) is 1. The molecule has 144 valence electrons. The molecule has 2 heterocycles. The van der Waals surface area contributed by atoms with Crippen LogP contribution < -0.4 is 11.1 Å². The van der Waals surface area contributed by atoms with Gasteiger partial charge in [0.15, 0.2) is 0 Å². The molecule has 2 amide bonds. The molecule has 1 atom stereocenters. The number of benzene rings is 1. The number of amides is 2. The van der Waals surface area contributed by atoms with Crippen molar-refractivity contribution in [3.05, 3.63) is 51.2 Å². The van der Waals surface area contributed by atoms with Crippen molar-refractivity contribution >= 4 is 40.4 Å². The second-order valence-corrected chi connectivity index (χ2v) is 8.42. The Morgan fingerprint density at radius 1 is 1.15 bits per heavy atom. The number of hydrogen-bond acceptors (Lipinski definition) is 5. The number of anilines is 1. The zero-order valence-electron chi connectivity index (χ0n) is 15.2. The fraction of sp³-hybridized carbons (Fsp3) is 0.368. The summed E-state index contributed by atoms with van der Waals surface area (Å²) in [7, 11) is 0. The second kappa shape index (κ2) is 8.84. The van der Waals surface area contributed by atoms with Crippen LogP contribution in [0, 0.1) is 0 Å². The van der Waals surface area contributed by atoms with Gasteiger partial charge in [0.1, 0.15) is 0 Å². The predicted molar refractivity (Wildman–Crippen MR) is 109 cm³/mol. The van der Waals surface area contributed by atoms with Crippen LogP contribution in [0.4, 0.5) is 5.69 Å². The minimum atomic E-state index is -0.482. The summed E-state index contributed by atoms with van der Waals surface area (Å²) >= 11 is 7.61. The van der Waals surface area contributed by atoms with Crippen molar-refractivity contribution in [1.29, 1.82) is 0 Å². The van der Waals surface area contributed by atoms with Gasteiger partial charge in [0.25, 0.3) is 0 Å². The normalized spacial score (nSPS) is 16.8. The third kappa shape index (κ3) is 5.29. The molecule has 0 aliphatic carbocycles. The highest BCUT2D eigenvalue weighted by molar-refractivity contribution is 7.16. The van der Waals surface area contributed by atoms with Crippen LogP contribution in [0.2, 0.25) is 4.34 Å². The Balaban J connectivity index is 1.48. The highest BCUT2D eigenvalue weighted by atomic mass is 35.5. The van der Waals surface area contributed by atoms with Crippen LogP contribution in [0.5, 0.6) is 0 Å². The van der Waals surface area contributed by atoms with Crippen molar-refractivity contribution in [2.24, 2.45) is 5.73 Å². The van der Waals surface area contributed by atoms with Crippen LogP contribution in [0.25, 0.3) is 0 Å². The van der Waals surface area contributed by atoms with E-state index in [4.69, 9.17) is 17.3 Å². The summed E-state index contributed by atoms with van der Waals surface area (Å²) in [6.45, 7) is 6.34. The number of rotatable bonds is 6. The van der Waals surface area contributed by atoms with Gasteiger partial charge in [-0.2, -0.15) is 0 Å². The Kier molecular flexibility index (Phi) is 6.49. The van der Waals surface area contributed by atoms with Gasteiger partial charge in [0.2, 0.25) is 11.8 Å². The van der Waals surface area contributed by atoms with E-state index in [-0.39, 0.29) is 11.9 Å². The minimum Gasteiger partial charge on any atom is -0.366 e. The third-order valence-electron chi connectivity index (χ3n) is 4.78. The monoisotopic (exact) mass is 406 g/mol. The third-order valence-corrected chi connectivity index (χ3v) is 6.00. The first-order valence-corrected chi connectivity index (χ1v) is 10.0. The minimum absolute atomic E-state index is 0.0553. The number of piperazine rings is 1. The molecule has 6 nitrogen and oxygen atoms in total. The lowest BCUT2D eigenvalue weighted by Crippen LogP contribution is -2.52. The van der Waals surface area contributed by atoms with E-state index >= 15 is 0 Å². The van der Waals surface area contributed by atoms with E-state index in [0.717, 1.165) is 37.1 Å². The summed E-state index contributed by atoms with van der Waals surface area (Å²) in [6.07, 6.45) is 0. The van der Waals surface area contributed by atoms with E-state index in [2.05, 4.69) is 21.2 Å². The number of primary amides is 1. The zero-order chi connectivity index (χ0) is 19.4. The van der Waals surface area contributed by atoms with E-state index < -0.39 is 5.91 Å². The summed E-state index contributed by atoms with van der Waals surface area (Å²) < 4.78 is 0.817. The molecule has 2 aromatic rings. The molecule has 0 saturated carbocycles. The molecular formula is C19H23ClN4O2S. The first kappa shape index (κ1) is 19.8. The quantitative estimate of drug-likeness (QED) is 0.773. The van der Waals surface area contributed by atoms with Gasteiger partial charge in [-0.05, 0) is 43.3 Å². The maximum absolute atomic E-state index is 12.5. The van der Waals surface area contributed by atoms with Crippen molar-refractivity contribution in [1.82, 2.24) is 9.80 Å². The fourth-order valence-electron chi connectivity index (χ4n) is 3.10. The molecule has 0 radical (unpaired) electrons. The van der Waals surface area contributed by atoms with Crippen LogP contribution in [-0.2, 0) is 11.3 Å². The average molecular weight is 407 g/mol. The molecule has 1 aliphatic rings. The van der Waals surface area contributed by atoms with Gasteiger partial charge in [-0.3, -0.25) is 19.4 Å². The zero-order valence-corrected chi connectivity index (χ0v) is 16.7. The van der Waals surface area contributed by atoms with E-state index in [1.807, 2.05) is 13.0 Å². The summed E-state index contributed by atoms with van der Waals surface area (Å²) in [5.41, 5.74) is 6.31. The molecule has 0 bridgehead atoms. The molecular weight excluding hydrogens is 384 g/mol. The predicted octanol–water partition coefficient (Wildman–Crippen LogP) is 2.65. The van der Waals surface area contributed by atoms with E-state index in [1.165, 1.54) is 4.88 Å². The van der Waals surface area contributed by atoms with Gasteiger partial charge in [-0.25, -0.2) is 0 Å². The van der Waals surface area contributed by atoms with Crippen molar-refractivity contribution in [2.45, 2.75) is 19.5 Å². The lowest BCUT2D eigenvalue weighted by molar-refractivity contribution is -0.121. The number of carbonyl (C=O) groups is 2. The van der Waals surface area contributed by atoms with E-state index in [0.29, 0.717) is 11.3 Å². The molecule has 1 aromatic heterocycles. The summed E-state index contributed by atoms with van der Waals surface area (Å²) in [5, 5.41) is 2.90. The van der Waals surface area contributed by atoms with Crippen molar-refractivity contribution in [3.63, 3.8) is 0 Å². The van der Waals surface area contributed by atoms with Crippen molar-refractivity contribution < 1.29 is 9.59 Å². The smallest absolute Gasteiger partial charge is 0.248 e. The highest BCUT2D eigenvalue weighted by Gasteiger charge is 2.25. The summed E-state index contributed by atoms with van der Waals surface area (Å²) in [6, 6.07) is 10.4. The number of nitrogens with zero attached hydrogens (tertiary/aromatic N) is 2. The van der Waals surface area contributed by atoms with Crippen LogP contribution in [0.15, 0.2) is 36.4 Å². The molecule has 8 heteroatoms. The molecule has 3 rings (SSSR count). The number of halogens is 1. The molecule has 0 spiro atoms. The highest BCUT2D eigenvalue weighted by Crippen LogP contribution is 2.23. The van der Waals surface area contributed by atoms with Crippen molar-refractivity contribution in [3.8, 4) is 0 Å². The molecule has 1 aliphatic heterocycles. The number of nitrogens with two attached hydrogens (primary N) is 1. The maximum Gasteiger partial charge on any atom is 0.248 e. The van der Waals surface area contributed by atoms with Gasteiger partial charge < -0.3 is 11.1 Å². The lowest BCUT2D eigenvalue weighted by Gasteiger charge is -2.37. The Morgan fingerprint density at radius 2 is 1.81 bits per heavy atom. The van der Waals surface area contributed by atoms with Gasteiger partial charge in [0, 0.05) is 48.9 Å². The van der Waals surface area contributed by atoms with E-state index in [9.17, 15) is 9.59 Å². The van der Waals surface area contributed by atoms with Gasteiger partial charge >= 0.3 is 0 Å². The van der Waals surface area contributed by atoms with Crippen LogP contribution in [0.1, 0.15) is 22.2 Å². The standard InChI is InChI=1S/C19H23ClN4O2S/c1-13(19(26)22-15-4-2-14(3-5-15)18(21)25)24-10-8-23(9-11-24)12-16-6-7-17(20)27-16/h2-7,13H,8-12H2,1H3,(H2,21,25)(H,22,26). The van der Waals surface area contributed by atoms with Crippen LogP contribution in [-0.4, -0.2) is 53.8 Å². The van der Waals surface area contributed by atoms with Gasteiger partial charge in [-0.1, -0.05) is 11.6 Å². The Bertz CT molecular complexity index is 800. The van der Waals surface area contributed by atoms with Gasteiger partial charge in [0.05, 0.1) is 10.4 Å². The molecule has 1 unspecified atom stereocenters. The Hall–Kier alpha value is -1.93. The maximum atomic E-state index is 12.5. The molecule has 1 aromatic carbocycles. The first-order valence-electron chi connectivity index (χ1n) is 8.84. The molecule has 3 N–H and O–H groups in total. The second-order valence-electron chi connectivity index (χ2n) is 6.62. The average Bonchev–Trinajstić information content (AvgIpc) is 3.07. The topological polar surface area (TPSA) is 78.7 Å². The van der Waals surface area contributed by atoms with Crippen molar-refractivity contribution in [2.75, 3.05) is 31.5 Å². The molecule has 27 heavy (non-hydrogen) atoms. The number of thiophene rings is 1. The SMILES string of the molecule is CC(C(=O)Nc1ccc(C(N)=O)cc1)N1CCN(Cc2ccc(Cl)s2)CC1. The van der Waals surface area contributed by atoms with Gasteiger partial charge in [-0.15, -0.1) is 11.3 Å².